The molecular weight excluding hydrogens is 280 g/mol. The summed E-state index contributed by atoms with van der Waals surface area (Å²) in [6.07, 6.45) is 3.93. The molecule has 0 aliphatic carbocycles. The standard InChI is InChI=1S/C13H16N4O2.ClH/c1-18-11-5-4-9(8-15-11)12-16-13(19-17-12)10-3-2-6-14-7-10;/h4-5,8,10,14H,2-3,6-7H2,1H3;1H. The van der Waals surface area contributed by atoms with Crippen LogP contribution in [-0.4, -0.2) is 35.3 Å². The lowest BCUT2D eigenvalue weighted by atomic mass is 10.00. The molecule has 3 rings (SSSR count). The fraction of sp³-hybridized carbons (Fsp3) is 0.462. The molecule has 1 atom stereocenters. The summed E-state index contributed by atoms with van der Waals surface area (Å²) in [5.74, 6) is 2.18. The minimum atomic E-state index is 0. The maximum atomic E-state index is 5.35. The van der Waals surface area contributed by atoms with Crippen molar-refractivity contribution in [1.29, 1.82) is 0 Å². The van der Waals surface area contributed by atoms with E-state index in [1.54, 1.807) is 19.4 Å². The minimum Gasteiger partial charge on any atom is -0.481 e. The number of piperidine rings is 1. The highest BCUT2D eigenvalue weighted by atomic mass is 35.5. The first kappa shape index (κ1) is 14.7. The quantitative estimate of drug-likeness (QED) is 0.934. The topological polar surface area (TPSA) is 73.1 Å². The van der Waals surface area contributed by atoms with Crippen molar-refractivity contribution in [3.8, 4) is 17.3 Å². The van der Waals surface area contributed by atoms with Crippen LogP contribution in [0.15, 0.2) is 22.9 Å². The monoisotopic (exact) mass is 296 g/mol. The molecule has 0 saturated carbocycles. The average Bonchev–Trinajstić information content (AvgIpc) is 2.98. The Morgan fingerprint density at radius 1 is 1.40 bits per heavy atom. The smallest absolute Gasteiger partial charge is 0.231 e. The van der Waals surface area contributed by atoms with Crippen molar-refractivity contribution in [1.82, 2.24) is 20.4 Å². The molecule has 3 heterocycles. The number of methoxy groups -OCH3 is 1. The molecule has 6 nitrogen and oxygen atoms in total. The normalized spacial score (nSPS) is 18.4. The van der Waals surface area contributed by atoms with Gasteiger partial charge in [-0.25, -0.2) is 4.98 Å². The molecule has 2 aromatic rings. The highest BCUT2D eigenvalue weighted by Crippen LogP contribution is 2.24. The molecule has 0 radical (unpaired) electrons. The number of halogens is 1. The van der Waals surface area contributed by atoms with E-state index in [2.05, 4.69) is 20.4 Å². The number of ether oxygens (including phenoxy) is 1. The zero-order chi connectivity index (χ0) is 13.1. The first-order chi connectivity index (χ1) is 9.36. The fourth-order valence-electron chi connectivity index (χ4n) is 2.21. The van der Waals surface area contributed by atoms with Crippen LogP contribution in [-0.2, 0) is 0 Å². The molecule has 0 aromatic carbocycles. The number of rotatable bonds is 3. The molecule has 1 saturated heterocycles. The maximum Gasteiger partial charge on any atom is 0.231 e. The van der Waals surface area contributed by atoms with Crippen molar-refractivity contribution in [3.63, 3.8) is 0 Å². The van der Waals surface area contributed by atoms with E-state index >= 15 is 0 Å². The van der Waals surface area contributed by atoms with Crippen molar-refractivity contribution in [2.75, 3.05) is 20.2 Å². The zero-order valence-electron chi connectivity index (χ0n) is 11.2. The van der Waals surface area contributed by atoms with Crippen LogP contribution in [0.4, 0.5) is 0 Å². The summed E-state index contributed by atoms with van der Waals surface area (Å²) in [5.41, 5.74) is 0.833. The van der Waals surface area contributed by atoms with Crippen LogP contribution < -0.4 is 10.1 Å². The van der Waals surface area contributed by atoms with E-state index in [0.717, 1.165) is 31.5 Å². The summed E-state index contributed by atoms with van der Waals surface area (Å²) >= 11 is 0. The van der Waals surface area contributed by atoms with Crippen LogP contribution in [0.2, 0.25) is 0 Å². The predicted molar refractivity (Wildman–Crippen MR) is 76.2 cm³/mol. The Balaban J connectivity index is 0.00000147. The Bertz CT molecular complexity index is 538. The summed E-state index contributed by atoms with van der Waals surface area (Å²) in [4.78, 5) is 8.60. The number of hydrogen-bond donors (Lipinski definition) is 1. The van der Waals surface area contributed by atoms with E-state index in [-0.39, 0.29) is 12.4 Å². The van der Waals surface area contributed by atoms with E-state index in [0.29, 0.717) is 23.5 Å². The molecule has 2 aromatic heterocycles. The Morgan fingerprint density at radius 3 is 2.95 bits per heavy atom. The number of hydrogen-bond acceptors (Lipinski definition) is 6. The van der Waals surface area contributed by atoms with Gasteiger partial charge in [-0.2, -0.15) is 4.98 Å². The fourth-order valence-corrected chi connectivity index (χ4v) is 2.21. The molecule has 1 aliphatic heterocycles. The van der Waals surface area contributed by atoms with Crippen molar-refractivity contribution in [2.45, 2.75) is 18.8 Å². The van der Waals surface area contributed by atoms with Gasteiger partial charge in [-0.05, 0) is 25.5 Å². The summed E-state index contributed by atoms with van der Waals surface area (Å²) in [7, 11) is 1.59. The van der Waals surface area contributed by atoms with Crippen LogP contribution in [0, 0.1) is 0 Å². The molecule has 20 heavy (non-hydrogen) atoms. The number of aromatic nitrogens is 3. The Morgan fingerprint density at radius 2 is 2.30 bits per heavy atom. The Labute approximate surface area is 123 Å². The average molecular weight is 297 g/mol. The second-order valence-corrected chi connectivity index (χ2v) is 4.59. The van der Waals surface area contributed by atoms with Gasteiger partial charge in [-0.1, -0.05) is 5.16 Å². The minimum absolute atomic E-state index is 0. The van der Waals surface area contributed by atoms with E-state index in [9.17, 15) is 0 Å². The van der Waals surface area contributed by atoms with Gasteiger partial charge in [0.25, 0.3) is 0 Å². The largest absolute Gasteiger partial charge is 0.481 e. The SMILES string of the molecule is COc1ccc(-c2noc(C3CCCNC3)n2)cn1.Cl. The van der Waals surface area contributed by atoms with Gasteiger partial charge in [0.1, 0.15) is 0 Å². The molecule has 0 spiro atoms. The van der Waals surface area contributed by atoms with Gasteiger partial charge in [0.05, 0.1) is 13.0 Å². The van der Waals surface area contributed by atoms with E-state index < -0.39 is 0 Å². The molecule has 1 N–H and O–H groups in total. The van der Waals surface area contributed by atoms with Crippen LogP contribution in [0.3, 0.4) is 0 Å². The van der Waals surface area contributed by atoms with Gasteiger partial charge < -0.3 is 14.6 Å². The Kier molecular flexibility index (Phi) is 4.92. The molecule has 1 unspecified atom stereocenters. The van der Waals surface area contributed by atoms with Crippen molar-refractivity contribution >= 4 is 12.4 Å². The van der Waals surface area contributed by atoms with Crippen molar-refractivity contribution in [3.05, 3.63) is 24.2 Å². The lowest BCUT2D eigenvalue weighted by molar-refractivity contribution is 0.322. The Hall–Kier alpha value is -1.66. The third kappa shape index (κ3) is 3.08. The van der Waals surface area contributed by atoms with E-state index in [1.165, 1.54) is 0 Å². The van der Waals surface area contributed by atoms with Crippen LogP contribution in [0.1, 0.15) is 24.7 Å². The second kappa shape index (κ2) is 6.67. The summed E-state index contributed by atoms with van der Waals surface area (Å²) in [5, 5.41) is 7.36. The van der Waals surface area contributed by atoms with Crippen LogP contribution >= 0.6 is 12.4 Å². The third-order valence-electron chi connectivity index (χ3n) is 3.29. The van der Waals surface area contributed by atoms with Crippen molar-refractivity contribution < 1.29 is 9.26 Å². The van der Waals surface area contributed by atoms with Gasteiger partial charge in [0.15, 0.2) is 0 Å². The number of pyridine rings is 1. The number of nitrogens with zero attached hydrogens (tertiary/aromatic N) is 3. The summed E-state index contributed by atoms with van der Waals surface area (Å²) in [6, 6.07) is 3.66. The van der Waals surface area contributed by atoms with Crippen molar-refractivity contribution in [2.24, 2.45) is 0 Å². The zero-order valence-corrected chi connectivity index (χ0v) is 12.0. The van der Waals surface area contributed by atoms with E-state index in [1.807, 2.05) is 6.07 Å². The van der Waals surface area contributed by atoms with Gasteiger partial charge in [0, 0.05) is 24.4 Å². The lowest BCUT2D eigenvalue weighted by Gasteiger charge is -2.18. The van der Waals surface area contributed by atoms with Gasteiger partial charge >= 0.3 is 0 Å². The van der Waals surface area contributed by atoms with Crippen LogP contribution in [0.5, 0.6) is 5.88 Å². The first-order valence-corrected chi connectivity index (χ1v) is 6.41. The highest BCUT2D eigenvalue weighted by Gasteiger charge is 2.21. The molecule has 1 aliphatic rings. The number of nitrogens with one attached hydrogen (secondary N) is 1. The maximum absolute atomic E-state index is 5.35. The summed E-state index contributed by atoms with van der Waals surface area (Å²) in [6.45, 7) is 1.97. The third-order valence-corrected chi connectivity index (χ3v) is 3.29. The van der Waals surface area contributed by atoms with Gasteiger partial charge in [-0.3, -0.25) is 0 Å². The second-order valence-electron chi connectivity index (χ2n) is 4.59. The summed E-state index contributed by atoms with van der Waals surface area (Å²) < 4.78 is 10.4. The molecule has 0 bridgehead atoms. The molecule has 108 valence electrons. The van der Waals surface area contributed by atoms with E-state index in [4.69, 9.17) is 9.26 Å². The highest BCUT2D eigenvalue weighted by molar-refractivity contribution is 5.85. The lowest BCUT2D eigenvalue weighted by Crippen LogP contribution is -2.28. The molecule has 7 heteroatoms. The molecule has 0 amide bonds. The van der Waals surface area contributed by atoms with Crippen LogP contribution in [0.25, 0.3) is 11.4 Å². The first-order valence-electron chi connectivity index (χ1n) is 6.41. The van der Waals surface area contributed by atoms with Gasteiger partial charge in [0.2, 0.25) is 17.6 Å². The molecule has 1 fully saturated rings. The molecular formula is C13H17ClN4O2. The predicted octanol–water partition coefficient (Wildman–Crippen LogP) is 2.03. The van der Waals surface area contributed by atoms with Gasteiger partial charge in [-0.15, -0.1) is 12.4 Å².